The predicted molar refractivity (Wildman–Crippen MR) is 102 cm³/mol. The maximum Gasteiger partial charge on any atom is 0.282 e. The Morgan fingerprint density at radius 2 is 1.96 bits per heavy atom. The minimum Gasteiger partial charge on any atom is -0.494 e. The first-order valence-electron chi connectivity index (χ1n) is 8.73. The Bertz CT molecular complexity index is 770. The van der Waals surface area contributed by atoms with E-state index in [2.05, 4.69) is 10.3 Å². The fourth-order valence-electron chi connectivity index (χ4n) is 2.74. The molecule has 0 saturated carbocycles. The Morgan fingerprint density at radius 1 is 1.23 bits per heavy atom. The van der Waals surface area contributed by atoms with Crippen LogP contribution in [0, 0.1) is 0 Å². The van der Waals surface area contributed by atoms with E-state index in [0.29, 0.717) is 18.8 Å². The average Bonchev–Trinajstić information content (AvgIpc) is 3.07. The predicted octanol–water partition coefficient (Wildman–Crippen LogP) is 2.98. The van der Waals surface area contributed by atoms with Gasteiger partial charge >= 0.3 is 0 Å². The molecule has 0 unspecified atom stereocenters. The number of amides is 1. The summed E-state index contributed by atoms with van der Waals surface area (Å²) in [5.74, 6) is 0.612. The van der Waals surface area contributed by atoms with Crippen molar-refractivity contribution in [3.05, 3.63) is 59.7 Å². The summed E-state index contributed by atoms with van der Waals surface area (Å²) < 4.78 is 10.5. The van der Waals surface area contributed by atoms with Gasteiger partial charge in [-0.3, -0.25) is 4.79 Å². The van der Waals surface area contributed by atoms with Crippen molar-refractivity contribution in [2.24, 2.45) is 10.7 Å². The summed E-state index contributed by atoms with van der Waals surface area (Å²) in [4.78, 5) is 16.5. The Morgan fingerprint density at radius 3 is 2.58 bits per heavy atom. The molecule has 1 aliphatic rings. The SMILES string of the molecule is CCOc1ccc(C(=O)Nc2ccc(CC[C@H]3COC(N)=N3)cc2)cc1. The number of benzene rings is 2. The van der Waals surface area contributed by atoms with Gasteiger partial charge in [-0.2, -0.15) is 0 Å². The van der Waals surface area contributed by atoms with E-state index < -0.39 is 0 Å². The maximum absolute atomic E-state index is 12.3. The number of aryl methyl sites for hydroxylation is 1. The second-order valence-electron chi connectivity index (χ2n) is 6.08. The molecule has 6 nitrogen and oxygen atoms in total. The number of hydrogen-bond acceptors (Lipinski definition) is 5. The first-order valence-corrected chi connectivity index (χ1v) is 8.73. The van der Waals surface area contributed by atoms with E-state index in [1.807, 2.05) is 31.2 Å². The van der Waals surface area contributed by atoms with Crippen LogP contribution in [0.3, 0.4) is 0 Å². The quantitative estimate of drug-likeness (QED) is 0.801. The molecule has 1 atom stereocenters. The molecule has 0 spiro atoms. The van der Waals surface area contributed by atoms with Crippen molar-refractivity contribution in [3.8, 4) is 5.75 Å². The molecular formula is C20H23N3O3. The van der Waals surface area contributed by atoms with Crippen LogP contribution in [-0.2, 0) is 11.2 Å². The van der Waals surface area contributed by atoms with Crippen LogP contribution in [-0.4, -0.2) is 31.2 Å². The summed E-state index contributed by atoms with van der Waals surface area (Å²) in [6.45, 7) is 3.09. The Kier molecular flexibility index (Phi) is 5.73. The lowest BCUT2D eigenvalue weighted by atomic mass is 10.1. The normalized spacial score (nSPS) is 15.9. The summed E-state index contributed by atoms with van der Waals surface area (Å²) in [5, 5.41) is 2.90. The highest BCUT2D eigenvalue weighted by atomic mass is 16.5. The molecule has 1 heterocycles. The van der Waals surface area contributed by atoms with Gasteiger partial charge in [0.05, 0.1) is 12.6 Å². The van der Waals surface area contributed by atoms with Gasteiger partial charge in [-0.25, -0.2) is 4.99 Å². The number of ether oxygens (including phenoxy) is 2. The van der Waals surface area contributed by atoms with E-state index in [1.54, 1.807) is 24.3 Å². The molecule has 6 heteroatoms. The molecule has 3 N–H and O–H groups in total. The molecule has 1 aliphatic heterocycles. The van der Waals surface area contributed by atoms with Crippen molar-refractivity contribution in [2.45, 2.75) is 25.8 Å². The summed E-state index contributed by atoms with van der Waals surface area (Å²) in [6, 6.07) is 15.3. The number of hydrogen-bond donors (Lipinski definition) is 2. The number of anilines is 1. The van der Waals surface area contributed by atoms with Crippen LogP contribution in [0.4, 0.5) is 5.69 Å². The highest BCUT2D eigenvalue weighted by molar-refractivity contribution is 6.04. The van der Waals surface area contributed by atoms with Crippen LogP contribution in [0.1, 0.15) is 29.3 Å². The molecule has 1 amide bonds. The molecule has 3 rings (SSSR count). The largest absolute Gasteiger partial charge is 0.494 e. The van der Waals surface area contributed by atoms with Crippen molar-refractivity contribution in [1.82, 2.24) is 0 Å². The first-order chi connectivity index (χ1) is 12.6. The number of nitrogens with one attached hydrogen (secondary N) is 1. The lowest BCUT2D eigenvalue weighted by Gasteiger charge is -2.08. The molecule has 0 fully saturated rings. The van der Waals surface area contributed by atoms with Crippen LogP contribution in [0.25, 0.3) is 0 Å². The van der Waals surface area contributed by atoms with Gasteiger partial charge in [-0.05, 0) is 61.7 Å². The third-order valence-corrected chi connectivity index (χ3v) is 4.14. The molecule has 136 valence electrons. The lowest BCUT2D eigenvalue weighted by molar-refractivity contribution is 0.102. The number of amidine groups is 1. The summed E-state index contributed by atoms with van der Waals surface area (Å²) in [7, 11) is 0. The minimum absolute atomic E-state index is 0.133. The van der Waals surface area contributed by atoms with Crippen LogP contribution in [0.2, 0.25) is 0 Å². The van der Waals surface area contributed by atoms with Crippen molar-refractivity contribution in [1.29, 1.82) is 0 Å². The Labute approximate surface area is 153 Å². The van der Waals surface area contributed by atoms with Gasteiger partial charge in [-0.15, -0.1) is 0 Å². The van der Waals surface area contributed by atoms with Gasteiger partial charge in [0.15, 0.2) is 0 Å². The summed E-state index contributed by atoms with van der Waals surface area (Å²) in [5.41, 5.74) is 8.05. The minimum atomic E-state index is -0.145. The van der Waals surface area contributed by atoms with Gasteiger partial charge in [0.1, 0.15) is 12.4 Å². The molecule has 0 saturated heterocycles. The summed E-state index contributed by atoms with van der Waals surface area (Å²) in [6.07, 6.45) is 1.77. The third kappa shape index (κ3) is 4.75. The van der Waals surface area contributed by atoms with E-state index in [0.717, 1.165) is 24.3 Å². The monoisotopic (exact) mass is 353 g/mol. The number of rotatable bonds is 7. The number of aliphatic imine (C=N–C) groups is 1. The van der Waals surface area contributed by atoms with Gasteiger partial charge in [0.2, 0.25) is 0 Å². The first kappa shape index (κ1) is 17.8. The van der Waals surface area contributed by atoms with Gasteiger partial charge in [-0.1, -0.05) is 12.1 Å². The second kappa shape index (κ2) is 8.38. The zero-order chi connectivity index (χ0) is 18.4. The van der Waals surface area contributed by atoms with Crippen molar-refractivity contribution >= 4 is 17.6 Å². The van der Waals surface area contributed by atoms with E-state index >= 15 is 0 Å². The third-order valence-electron chi connectivity index (χ3n) is 4.14. The highest BCUT2D eigenvalue weighted by Crippen LogP contribution is 2.17. The van der Waals surface area contributed by atoms with Gasteiger partial charge < -0.3 is 20.5 Å². The Balaban J connectivity index is 1.52. The second-order valence-corrected chi connectivity index (χ2v) is 6.08. The number of nitrogens with two attached hydrogens (primary N) is 1. The molecule has 0 radical (unpaired) electrons. The number of carbonyl (C=O) groups excluding carboxylic acids is 1. The van der Waals surface area contributed by atoms with Crippen LogP contribution >= 0.6 is 0 Å². The van der Waals surface area contributed by atoms with E-state index in [-0.39, 0.29) is 18.0 Å². The molecule has 0 aromatic heterocycles. The number of carbonyl (C=O) groups is 1. The van der Waals surface area contributed by atoms with E-state index in [9.17, 15) is 4.79 Å². The highest BCUT2D eigenvalue weighted by Gasteiger charge is 2.16. The average molecular weight is 353 g/mol. The fourth-order valence-corrected chi connectivity index (χ4v) is 2.74. The van der Waals surface area contributed by atoms with Crippen LogP contribution in [0.5, 0.6) is 5.75 Å². The molecule has 0 bridgehead atoms. The molecule has 2 aromatic carbocycles. The molecule has 2 aromatic rings. The van der Waals surface area contributed by atoms with Crippen LogP contribution in [0.15, 0.2) is 53.5 Å². The zero-order valence-electron chi connectivity index (χ0n) is 14.8. The molecule has 0 aliphatic carbocycles. The fraction of sp³-hybridized carbons (Fsp3) is 0.300. The maximum atomic E-state index is 12.3. The van der Waals surface area contributed by atoms with Gasteiger partial charge in [0.25, 0.3) is 11.9 Å². The smallest absolute Gasteiger partial charge is 0.282 e. The number of nitrogens with zero attached hydrogens (tertiary/aromatic N) is 1. The van der Waals surface area contributed by atoms with Crippen LogP contribution < -0.4 is 15.8 Å². The summed E-state index contributed by atoms with van der Waals surface area (Å²) >= 11 is 0. The molecular weight excluding hydrogens is 330 g/mol. The Hall–Kier alpha value is -3.02. The zero-order valence-corrected chi connectivity index (χ0v) is 14.8. The topological polar surface area (TPSA) is 85.9 Å². The van der Waals surface area contributed by atoms with E-state index in [4.69, 9.17) is 15.2 Å². The van der Waals surface area contributed by atoms with Crippen molar-refractivity contribution < 1.29 is 14.3 Å². The lowest BCUT2D eigenvalue weighted by Crippen LogP contribution is -2.12. The van der Waals surface area contributed by atoms with E-state index in [1.165, 1.54) is 5.56 Å². The molecule has 26 heavy (non-hydrogen) atoms. The van der Waals surface area contributed by atoms with Crippen molar-refractivity contribution in [2.75, 3.05) is 18.5 Å². The van der Waals surface area contributed by atoms with Crippen molar-refractivity contribution in [3.63, 3.8) is 0 Å². The standard InChI is InChI=1S/C20H23N3O3/c1-2-25-18-11-6-15(7-12-18)19(24)22-16-8-3-14(4-9-16)5-10-17-13-26-20(21)23-17/h3-4,6-9,11-12,17H,2,5,10,13H2,1H3,(H2,21,23)(H,22,24)/t17-/m0/s1. The van der Waals surface area contributed by atoms with Gasteiger partial charge in [0, 0.05) is 11.3 Å².